The first-order valence-corrected chi connectivity index (χ1v) is 6.50. The molecule has 0 fully saturated rings. The lowest BCUT2D eigenvalue weighted by atomic mass is 10.2. The number of halogens is 1. The van der Waals surface area contributed by atoms with Crippen LogP contribution in [-0.2, 0) is 4.79 Å². The zero-order valence-electron chi connectivity index (χ0n) is 11.5. The van der Waals surface area contributed by atoms with Gasteiger partial charge in [-0.15, -0.1) is 0 Å². The van der Waals surface area contributed by atoms with E-state index >= 15 is 0 Å². The van der Waals surface area contributed by atoms with E-state index in [1.807, 2.05) is 17.9 Å². The lowest BCUT2D eigenvalue weighted by molar-refractivity contribution is -0.131. The molecule has 1 N–H and O–H groups in total. The van der Waals surface area contributed by atoms with E-state index in [-0.39, 0.29) is 5.82 Å². The van der Waals surface area contributed by atoms with E-state index in [1.165, 1.54) is 18.2 Å². The molecule has 0 spiro atoms. The third-order valence-corrected chi connectivity index (χ3v) is 2.90. The zero-order valence-corrected chi connectivity index (χ0v) is 11.5. The number of aliphatic carboxylic acids is 1. The predicted octanol–water partition coefficient (Wildman–Crippen LogP) is 3.48. The quantitative estimate of drug-likeness (QED) is 0.855. The van der Waals surface area contributed by atoms with E-state index < -0.39 is 5.97 Å². The Morgan fingerprint density at radius 3 is 2.76 bits per heavy atom. The van der Waals surface area contributed by atoms with E-state index in [4.69, 9.17) is 5.11 Å². The van der Waals surface area contributed by atoms with Crippen molar-refractivity contribution >= 4 is 23.6 Å². The first-order chi connectivity index (χ1) is 10.1. The van der Waals surface area contributed by atoms with Crippen molar-refractivity contribution in [3.63, 3.8) is 0 Å². The second-order valence-electron chi connectivity index (χ2n) is 4.35. The van der Waals surface area contributed by atoms with Crippen LogP contribution < -0.4 is 4.90 Å². The fraction of sp³-hybridized carbons (Fsp3) is 0.125. The van der Waals surface area contributed by atoms with Crippen LogP contribution in [0, 0.1) is 5.82 Å². The number of aromatic nitrogens is 1. The van der Waals surface area contributed by atoms with Gasteiger partial charge in [-0.2, -0.15) is 0 Å². The van der Waals surface area contributed by atoms with E-state index in [0.29, 0.717) is 17.9 Å². The number of benzene rings is 1. The number of carboxylic acid groups (broad SMARTS) is 1. The molecular weight excluding hydrogens is 271 g/mol. The summed E-state index contributed by atoms with van der Waals surface area (Å²) < 4.78 is 13.3. The summed E-state index contributed by atoms with van der Waals surface area (Å²) in [4.78, 5) is 16.6. The van der Waals surface area contributed by atoms with Crippen LogP contribution in [0.3, 0.4) is 0 Å². The molecule has 5 heteroatoms. The molecular formula is C16H15FN2O2. The standard InChI is InChI=1S/C16H15FN2O2/c1-2-19(14-5-3-4-13(17)10-14)15-8-6-12(11-18-15)7-9-16(20)21/h3-11H,2H2,1H3,(H,20,21)/b9-7+. The third kappa shape index (κ3) is 3.89. The summed E-state index contributed by atoms with van der Waals surface area (Å²) in [6.45, 7) is 2.59. The average molecular weight is 286 g/mol. The van der Waals surface area contributed by atoms with E-state index in [2.05, 4.69) is 4.98 Å². The number of hydrogen-bond acceptors (Lipinski definition) is 3. The molecule has 4 nitrogen and oxygen atoms in total. The monoisotopic (exact) mass is 286 g/mol. The van der Waals surface area contributed by atoms with Crippen LogP contribution in [0.5, 0.6) is 0 Å². The fourth-order valence-electron chi connectivity index (χ4n) is 1.94. The minimum absolute atomic E-state index is 0.299. The Balaban J connectivity index is 2.25. The van der Waals surface area contributed by atoms with Crippen molar-refractivity contribution in [1.29, 1.82) is 0 Å². The van der Waals surface area contributed by atoms with Crippen molar-refractivity contribution in [2.45, 2.75) is 6.92 Å². The second-order valence-corrected chi connectivity index (χ2v) is 4.35. The van der Waals surface area contributed by atoms with Crippen LogP contribution in [0.2, 0.25) is 0 Å². The van der Waals surface area contributed by atoms with Gasteiger partial charge >= 0.3 is 5.97 Å². The van der Waals surface area contributed by atoms with Gasteiger partial charge in [0.05, 0.1) is 0 Å². The summed E-state index contributed by atoms with van der Waals surface area (Å²) in [5.41, 5.74) is 1.41. The van der Waals surface area contributed by atoms with Gasteiger partial charge in [-0.05, 0) is 48.9 Å². The molecule has 1 heterocycles. The molecule has 1 aromatic heterocycles. The van der Waals surface area contributed by atoms with Crippen LogP contribution in [0.4, 0.5) is 15.9 Å². The minimum Gasteiger partial charge on any atom is -0.478 e. The first-order valence-electron chi connectivity index (χ1n) is 6.50. The van der Waals surface area contributed by atoms with Crippen LogP contribution in [0.1, 0.15) is 12.5 Å². The predicted molar refractivity (Wildman–Crippen MR) is 80.0 cm³/mol. The first kappa shape index (κ1) is 14.7. The molecule has 2 rings (SSSR count). The molecule has 2 aromatic rings. The zero-order chi connectivity index (χ0) is 15.2. The highest BCUT2D eigenvalue weighted by Crippen LogP contribution is 2.24. The number of nitrogens with zero attached hydrogens (tertiary/aromatic N) is 2. The van der Waals surface area contributed by atoms with Gasteiger partial charge in [0.1, 0.15) is 11.6 Å². The van der Waals surface area contributed by atoms with E-state index in [9.17, 15) is 9.18 Å². The van der Waals surface area contributed by atoms with Gasteiger partial charge in [0, 0.05) is 24.5 Å². The highest BCUT2D eigenvalue weighted by molar-refractivity contribution is 5.85. The van der Waals surface area contributed by atoms with Crippen molar-refractivity contribution in [2.24, 2.45) is 0 Å². The Morgan fingerprint density at radius 2 is 2.19 bits per heavy atom. The molecule has 1 aromatic carbocycles. The number of hydrogen-bond donors (Lipinski definition) is 1. The number of carboxylic acids is 1. The summed E-state index contributed by atoms with van der Waals surface area (Å²) in [5, 5.41) is 8.58. The molecule has 0 aliphatic rings. The Bertz CT molecular complexity index is 654. The molecule has 0 radical (unpaired) electrons. The maximum absolute atomic E-state index is 13.3. The van der Waals surface area contributed by atoms with Crippen LogP contribution in [0.25, 0.3) is 6.08 Å². The number of anilines is 2. The lowest BCUT2D eigenvalue weighted by Gasteiger charge is -2.22. The summed E-state index contributed by atoms with van der Waals surface area (Å²) in [6, 6.07) is 9.84. The maximum Gasteiger partial charge on any atom is 0.328 e. The van der Waals surface area contributed by atoms with Crippen molar-refractivity contribution in [2.75, 3.05) is 11.4 Å². The smallest absolute Gasteiger partial charge is 0.328 e. The number of carbonyl (C=O) groups is 1. The SMILES string of the molecule is CCN(c1cccc(F)c1)c1ccc(/C=C/C(=O)O)cn1. The largest absolute Gasteiger partial charge is 0.478 e. The summed E-state index contributed by atoms with van der Waals surface area (Å²) in [7, 11) is 0. The molecule has 0 aliphatic heterocycles. The van der Waals surface area contributed by atoms with Gasteiger partial charge in [0.15, 0.2) is 0 Å². The topological polar surface area (TPSA) is 53.4 Å². The van der Waals surface area contributed by atoms with Gasteiger partial charge in [0.25, 0.3) is 0 Å². The van der Waals surface area contributed by atoms with Crippen molar-refractivity contribution in [3.8, 4) is 0 Å². The van der Waals surface area contributed by atoms with Gasteiger partial charge in [-0.25, -0.2) is 14.2 Å². The molecule has 0 atom stereocenters. The molecule has 0 unspecified atom stereocenters. The minimum atomic E-state index is -1.01. The van der Waals surface area contributed by atoms with Gasteiger partial charge in [-0.3, -0.25) is 0 Å². The Labute approximate surface area is 122 Å². The summed E-state index contributed by atoms with van der Waals surface area (Å²) >= 11 is 0. The summed E-state index contributed by atoms with van der Waals surface area (Å²) in [6.07, 6.45) is 4.11. The molecule has 0 saturated heterocycles. The van der Waals surface area contributed by atoms with Crippen LogP contribution >= 0.6 is 0 Å². The average Bonchev–Trinajstić information content (AvgIpc) is 2.47. The molecule has 108 valence electrons. The second kappa shape index (κ2) is 6.65. The molecule has 0 bridgehead atoms. The van der Waals surface area contributed by atoms with Gasteiger partial charge in [-0.1, -0.05) is 6.07 Å². The number of pyridine rings is 1. The van der Waals surface area contributed by atoms with Gasteiger partial charge < -0.3 is 10.0 Å². The highest BCUT2D eigenvalue weighted by atomic mass is 19.1. The molecule has 0 amide bonds. The normalized spacial score (nSPS) is 10.8. The van der Waals surface area contributed by atoms with Crippen LogP contribution in [-0.4, -0.2) is 22.6 Å². The van der Waals surface area contributed by atoms with E-state index in [1.54, 1.807) is 24.4 Å². The fourth-order valence-corrected chi connectivity index (χ4v) is 1.94. The molecule has 0 aliphatic carbocycles. The van der Waals surface area contributed by atoms with Crippen molar-refractivity contribution in [3.05, 3.63) is 60.1 Å². The third-order valence-electron chi connectivity index (χ3n) is 2.90. The highest BCUT2D eigenvalue weighted by Gasteiger charge is 2.08. The molecule has 0 saturated carbocycles. The maximum atomic E-state index is 13.3. The lowest BCUT2D eigenvalue weighted by Crippen LogP contribution is -2.17. The Kier molecular flexibility index (Phi) is 4.66. The van der Waals surface area contributed by atoms with Crippen molar-refractivity contribution < 1.29 is 14.3 Å². The number of rotatable bonds is 5. The van der Waals surface area contributed by atoms with Gasteiger partial charge in [0.2, 0.25) is 0 Å². The van der Waals surface area contributed by atoms with Crippen molar-refractivity contribution in [1.82, 2.24) is 4.98 Å². The summed E-state index contributed by atoms with van der Waals surface area (Å²) in [5.74, 6) is -0.628. The Hall–Kier alpha value is -2.69. The van der Waals surface area contributed by atoms with Crippen LogP contribution in [0.15, 0.2) is 48.7 Å². The van der Waals surface area contributed by atoms with E-state index in [0.717, 1.165) is 11.8 Å². The molecule has 21 heavy (non-hydrogen) atoms. The Morgan fingerprint density at radius 1 is 1.38 bits per heavy atom.